The van der Waals surface area contributed by atoms with Crippen LogP contribution in [0.2, 0.25) is 0 Å². The van der Waals surface area contributed by atoms with Crippen LogP contribution in [0.5, 0.6) is 0 Å². The van der Waals surface area contributed by atoms with Crippen LogP contribution in [-0.2, 0) is 9.47 Å². The summed E-state index contributed by atoms with van der Waals surface area (Å²) < 4.78 is 11.7. The first-order valence-corrected chi connectivity index (χ1v) is 8.77. The lowest BCUT2D eigenvalue weighted by molar-refractivity contribution is -0.131. The summed E-state index contributed by atoms with van der Waals surface area (Å²) in [6.45, 7) is 3.18. The monoisotopic (exact) mass is 282 g/mol. The minimum Gasteiger partial charge on any atom is -0.384 e. The normalized spacial score (nSPS) is 24.8. The molecule has 0 aliphatic heterocycles. The summed E-state index contributed by atoms with van der Waals surface area (Å²) in [4.78, 5) is 0. The van der Waals surface area contributed by atoms with Crippen molar-refractivity contribution in [1.29, 1.82) is 0 Å². The average molecular weight is 282 g/mol. The van der Waals surface area contributed by atoms with Crippen molar-refractivity contribution in [3.63, 3.8) is 0 Å². The summed E-state index contributed by atoms with van der Waals surface area (Å²) in [6.07, 6.45) is 14.3. The predicted molar refractivity (Wildman–Crippen MR) is 83.9 cm³/mol. The van der Waals surface area contributed by atoms with Gasteiger partial charge < -0.3 is 9.47 Å². The van der Waals surface area contributed by atoms with E-state index in [2.05, 4.69) is 6.92 Å². The first-order chi connectivity index (χ1) is 9.75. The van der Waals surface area contributed by atoms with Gasteiger partial charge in [0.05, 0.1) is 12.7 Å². The second kappa shape index (κ2) is 7.79. The van der Waals surface area contributed by atoms with E-state index in [1.54, 1.807) is 0 Å². The molecule has 2 fully saturated rings. The molecule has 2 nitrogen and oxygen atoms in total. The van der Waals surface area contributed by atoms with Gasteiger partial charge in [-0.25, -0.2) is 0 Å². The van der Waals surface area contributed by atoms with Gasteiger partial charge in [-0.2, -0.15) is 0 Å². The highest BCUT2D eigenvalue weighted by molar-refractivity contribution is 4.98. The Morgan fingerprint density at radius 3 is 1.65 bits per heavy atom. The Morgan fingerprint density at radius 1 is 0.850 bits per heavy atom. The summed E-state index contributed by atoms with van der Waals surface area (Å²) in [5.74, 6) is 1.60. The van der Waals surface area contributed by atoms with Crippen LogP contribution >= 0.6 is 0 Å². The van der Waals surface area contributed by atoms with Crippen LogP contribution < -0.4 is 0 Å². The van der Waals surface area contributed by atoms with E-state index in [4.69, 9.17) is 9.47 Å². The highest BCUT2D eigenvalue weighted by atomic mass is 16.5. The van der Waals surface area contributed by atoms with Gasteiger partial charge in [-0.1, -0.05) is 38.5 Å². The van der Waals surface area contributed by atoms with E-state index in [9.17, 15) is 0 Å². The largest absolute Gasteiger partial charge is 0.384 e. The zero-order valence-corrected chi connectivity index (χ0v) is 13.8. The molecule has 0 bridgehead atoms. The van der Waals surface area contributed by atoms with E-state index >= 15 is 0 Å². The molecule has 0 radical (unpaired) electrons. The van der Waals surface area contributed by atoms with Crippen LogP contribution in [0.25, 0.3) is 0 Å². The molecule has 118 valence electrons. The van der Waals surface area contributed by atoms with Crippen LogP contribution in [0.1, 0.15) is 71.1 Å². The van der Waals surface area contributed by atoms with Crippen LogP contribution in [0.3, 0.4) is 0 Å². The van der Waals surface area contributed by atoms with Gasteiger partial charge in [-0.3, -0.25) is 0 Å². The van der Waals surface area contributed by atoms with Crippen molar-refractivity contribution in [3.05, 3.63) is 0 Å². The van der Waals surface area contributed by atoms with Gasteiger partial charge in [0.25, 0.3) is 0 Å². The molecule has 2 rings (SSSR count). The van der Waals surface area contributed by atoms with E-state index in [1.807, 2.05) is 14.2 Å². The topological polar surface area (TPSA) is 18.5 Å². The summed E-state index contributed by atoms with van der Waals surface area (Å²) in [7, 11) is 3.77. The lowest BCUT2D eigenvalue weighted by Crippen LogP contribution is -2.51. The Bertz CT molecular complexity index is 247. The van der Waals surface area contributed by atoms with Crippen molar-refractivity contribution in [3.8, 4) is 0 Å². The summed E-state index contributed by atoms with van der Waals surface area (Å²) in [6, 6.07) is 0. The van der Waals surface area contributed by atoms with E-state index in [0.717, 1.165) is 18.4 Å². The molecule has 0 N–H and O–H groups in total. The zero-order chi connectivity index (χ0) is 14.4. The third kappa shape index (κ3) is 3.22. The average Bonchev–Trinajstić information content (AvgIpc) is 2.53. The second-order valence-corrected chi connectivity index (χ2v) is 7.09. The van der Waals surface area contributed by atoms with E-state index in [0.29, 0.717) is 6.10 Å². The Hall–Kier alpha value is -0.0800. The molecule has 1 unspecified atom stereocenters. The molecule has 0 aromatic rings. The zero-order valence-electron chi connectivity index (χ0n) is 13.8. The maximum absolute atomic E-state index is 5.89. The van der Waals surface area contributed by atoms with Crippen molar-refractivity contribution in [1.82, 2.24) is 0 Å². The summed E-state index contributed by atoms with van der Waals surface area (Å²) in [5.41, 5.74) is 0.254. The molecule has 0 spiro atoms. The molecule has 0 aromatic heterocycles. The fourth-order valence-corrected chi connectivity index (χ4v) is 5.10. The SMILES string of the molecule is COCC(C1CCCCC1)(C1CCCCC1)C(C)OC. The number of rotatable bonds is 6. The molecule has 2 saturated carbocycles. The van der Waals surface area contributed by atoms with Gasteiger partial charge in [0, 0.05) is 19.6 Å². The molecule has 0 saturated heterocycles. The Balaban J connectivity index is 2.26. The molecular weight excluding hydrogens is 248 g/mol. The lowest BCUT2D eigenvalue weighted by atomic mass is 9.57. The maximum atomic E-state index is 5.89. The van der Waals surface area contributed by atoms with Gasteiger partial charge in [0.15, 0.2) is 0 Å². The van der Waals surface area contributed by atoms with Crippen LogP contribution in [0, 0.1) is 17.3 Å². The molecule has 20 heavy (non-hydrogen) atoms. The van der Waals surface area contributed by atoms with E-state index < -0.39 is 0 Å². The molecule has 1 atom stereocenters. The minimum atomic E-state index is 0.254. The Morgan fingerprint density at radius 2 is 1.30 bits per heavy atom. The first-order valence-electron chi connectivity index (χ1n) is 8.77. The molecule has 2 aliphatic rings. The Labute approximate surface area is 125 Å². The van der Waals surface area contributed by atoms with E-state index in [1.165, 1.54) is 64.2 Å². The number of ether oxygens (including phenoxy) is 2. The second-order valence-electron chi connectivity index (χ2n) is 7.09. The first kappa shape index (κ1) is 16.3. The van der Waals surface area contributed by atoms with Gasteiger partial charge in [0.1, 0.15) is 0 Å². The smallest absolute Gasteiger partial charge is 0.0626 e. The molecule has 2 aliphatic carbocycles. The minimum absolute atomic E-state index is 0.254. The van der Waals surface area contributed by atoms with Gasteiger partial charge in [0.2, 0.25) is 0 Å². The van der Waals surface area contributed by atoms with Crippen LogP contribution in [0.15, 0.2) is 0 Å². The Kier molecular flexibility index (Phi) is 6.35. The number of hydrogen-bond acceptors (Lipinski definition) is 2. The molecule has 0 aromatic carbocycles. The highest BCUT2D eigenvalue weighted by Gasteiger charge is 2.49. The number of methoxy groups -OCH3 is 2. The van der Waals surface area contributed by atoms with Gasteiger partial charge >= 0.3 is 0 Å². The van der Waals surface area contributed by atoms with Crippen LogP contribution in [0.4, 0.5) is 0 Å². The molecular formula is C18H34O2. The quantitative estimate of drug-likeness (QED) is 0.695. The summed E-state index contributed by atoms with van der Waals surface area (Å²) in [5, 5.41) is 0. The molecule has 2 heteroatoms. The van der Waals surface area contributed by atoms with Crippen molar-refractivity contribution in [2.45, 2.75) is 77.2 Å². The molecule has 0 amide bonds. The van der Waals surface area contributed by atoms with Crippen molar-refractivity contribution in [2.75, 3.05) is 20.8 Å². The lowest BCUT2D eigenvalue weighted by Gasteiger charge is -2.52. The van der Waals surface area contributed by atoms with Crippen molar-refractivity contribution < 1.29 is 9.47 Å². The fraction of sp³-hybridized carbons (Fsp3) is 1.00. The van der Waals surface area contributed by atoms with E-state index in [-0.39, 0.29) is 5.41 Å². The highest BCUT2D eigenvalue weighted by Crippen LogP contribution is 2.51. The van der Waals surface area contributed by atoms with Gasteiger partial charge in [-0.05, 0) is 44.4 Å². The third-order valence-corrected chi connectivity index (χ3v) is 6.24. The molecule has 0 heterocycles. The predicted octanol–water partition coefficient (Wildman–Crippen LogP) is 4.81. The number of hydrogen-bond donors (Lipinski definition) is 0. The standard InChI is InChI=1S/C18H34O2/c1-15(20-3)18(14-19-2,16-10-6-4-7-11-16)17-12-8-5-9-13-17/h15-17H,4-14H2,1-3H3. The van der Waals surface area contributed by atoms with Gasteiger partial charge in [-0.15, -0.1) is 0 Å². The van der Waals surface area contributed by atoms with Crippen LogP contribution in [-0.4, -0.2) is 26.9 Å². The third-order valence-electron chi connectivity index (χ3n) is 6.24. The van der Waals surface area contributed by atoms with Crippen molar-refractivity contribution >= 4 is 0 Å². The summed E-state index contributed by atoms with van der Waals surface area (Å²) >= 11 is 0. The fourth-order valence-electron chi connectivity index (χ4n) is 5.10. The maximum Gasteiger partial charge on any atom is 0.0626 e. The van der Waals surface area contributed by atoms with Crippen molar-refractivity contribution in [2.24, 2.45) is 17.3 Å².